The number of rotatable bonds is 5. The molecule has 0 bridgehead atoms. The average molecular weight is 520 g/mol. The lowest BCUT2D eigenvalue weighted by Gasteiger charge is -2.34. The Morgan fingerprint density at radius 3 is 2.42 bits per heavy atom. The number of amides is 1. The number of phenolic OH excluding ortho intramolecular Hbond substituents is 1. The SMILES string of the molecule is O=C(c1ccc(NS(=O)(=O)c2cccs2)cc1O)N1CCN(c2nnc(C(F)(F)F)s2)CC1. The Balaban J connectivity index is 1.40. The summed E-state index contributed by atoms with van der Waals surface area (Å²) in [4.78, 5) is 15.9. The minimum absolute atomic E-state index is 0.0159. The van der Waals surface area contributed by atoms with Crippen LogP contribution in [0.2, 0.25) is 0 Å². The molecule has 1 aromatic carbocycles. The number of anilines is 2. The maximum atomic E-state index is 12.8. The second-order valence-electron chi connectivity index (χ2n) is 6.94. The lowest BCUT2D eigenvalue weighted by atomic mass is 10.1. The predicted octanol–water partition coefficient (Wildman–Crippen LogP) is 3.09. The standard InChI is InChI=1S/C18H16F3N5O4S3/c19-18(20,21)16-22-23-17(32-16)26-7-5-25(6-8-26)15(28)12-4-3-11(10-13(12)27)24-33(29,30)14-2-1-9-31-14/h1-4,9-10,24,27H,5-8H2. The van der Waals surface area contributed by atoms with E-state index in [1.165, 1.54) is 23.1 Å². The Hall–Kier alpha value is -2.91. The van der Waals surface area contributed by atoms with E-state index >= 15 is 0 Å². The minimum atomic E-state index is -4.56. The highest BCUT2D eigenvalue weighted by molar-refractivity contribution is 7.94. The molecular weight excluding hydrogens is 503 g/mol. The van der Waals surface area contributed by atoms with E-state index in [0.717, 1.165) is 17.4 Å². The van der Waals surface area contributed by atoms with Crippen molar-refractivity contribution < 1.29 is 31.5 Å². The third kappa shape index (κ3) is 5.04. The normalized spacial score (nSPS) is 15.0. The molecule has 0 atom stereocenters. The summed E-state index contributed by atoms with van der Waals surface area (Å²) in [6, 6.07) is 6.87. The van der Waals surface area contributed by atoms with Crippen molar-refractivity contribution in [3.05, 3.63) is 46.3 Å². The van der Waals surface area contributed by atoms with Crippen molar-refractivity contribution in [3.63, 3.8) is 0 Å². The Morgan fingerprint density at radius 2 is 1.85 bits per heavy atom. The molecule has 1 saturated heterocycles. The Kier molecular flexibility index (Phi) is 6.20. The second-order valence-corrected chi connectivity index (χ2v) is 10.7. The fourth-order valence-electron chi connectivity index (χ4n) is 3.13. The lowest BCUT2D eigenvalue weighted by Crippen LogP contribution is -2.48. The van der Waals surface area contributed by atoms with Gasteiger partial charge in [0.15, 0.2) is 0 Å². The van der Waals surface area contributed by atoms with E-state index in [9.17, 15) is 31.5 Å². The molecule has 1 fully saturated rings. The smallest absolute Gasteiger partial charge is 0.445 e. The van der Waals surface area contributed by atoms with Crippen LogP contribution in [0.25, 0.3) is 0 Å². The number of sulfonamides is 1. The molecular formula is C18H16F3N5O4S3. The Bertz CT molecular complexity index is 1250. The third-order valence-electron chi connectivity index (χ3n) is 4.73. The number of hydrogen-bond acceptors (Lipinski definition) is 9. The van der Waals surface area contributed by atoms with Gasteiger partial charge in [-0.3, -0.25) is 9.52 Å². The number of halogens is 3. The number of piperazine rings is 1. The highest BCUT2D eigenvalue weighted by Gasteiger charge is 2.36. The zero-order chi connectivity index (χ0) is 23.8. The fourth-order valence-corrected chi connectivity index (χ4v) is 5.93. The Labute approximate surface area is 194 Å². The van der Waals surface area contributed by atoms with Crippen LogP contribution in [0.3, 0.4) is 0 Å². The predicted molar refractivity (Wildman–Crippen MR) is 116 cm³/mol. The maximum absolute atomic E-state index is 12.8. The van der Waals surface area contributed by atoms with Crippen LogP contribution in [0.4, 0.5) is 24.0 Å². The summed E-state index contributed by atoms with van der Waals surface area (Å²) in [5.74, 6) is -0.874. The van der Waals surface area contributed by atoms with Gasteiger partial charge in [-0.2, -0.15) is 13.2 Å². The largest absolute Gasteiger partial charge is 0.507 e. The van der Waals surface area contributed by atoms with Gasteiger partial charge in [0.2, 0.25) is 10.1 Å². The third-order valence-corrected chi connectivity index (χ3v) is 8.54. The molecule has 0 unspecified atom stereocenters. The molecule has 0 radical (unpaired) electrons. The number of alkyl halides is 3. The number of thiophene rings is 1. The van der Waals surface area contributed by atoms with Crippen LogP contribution in [0.15, 0.2) is 39.9 Å². The summed E-state index contributed by atoms with van der Waals surface area (Å²) in [6.07, 6.45) is -4.56. The fraction of sp³-hybridized carbons (Fsp3) is 0.278. The zero-order valence-corrected chi connectivity index (χ0v) is 19.1. The van der Waals surface area contributed by atoms with Crippen LogP contribution in [0.1, 0.15) is 15.4 Å². The van der Waals surface area contributed by atoms with E-state index in [-0.39, 0.29) is 46.8 Å². The molecule has 0 saturated carbocycles. The molecule has 15 heteroatoms. The molecule has 3 heterocycles. The molecule has 3 aromatic rings. The van der Waals surface area contributed by atoms with Gasteiger partial charge in [-0.15, -0.1) is 21.5 Å². The first-order valence-electron chi connectivity index (χ1n) is 9.39. The second kappa shape index (κ2) is 8.79. The van der Waals surface area contributed by atoms with Gasteiger partial charge in [0.1, 0.15) is 9.96 Å². The van der Waals surface area contributed by atoms with Crippen molar-refractivity contribution in [1.29, 1.82) is 0 Å². The lowest BCUT2D eigenvalue weighted by molar-refractivity contribution is -0.138. The zero-order valence-electron chi connectivity index (χ0n) is 16.6. The molecule has 0 aliphatic carbocycles. The van der Waals surface area contributed by atoms with Crippen molar-refractivity contribution in [2.75, 3.05) is 35.8 Å². The van der Waals surface area contributed by atoms with E-state index < -0.39 is 32.9 Å². The molecule has 2 N–H and O–H groups in total. The number of nitrogens with one attached hydrogen (secondary N) is 1. The number of hydrogen-bond donors (Lipinski definition) is 2. The number of benzene rings is 1. The summed E-state index contributed by atoms with van der Waals surface area (Å²) in [6.45, 7) is 0.896. The van der Waals surface area contributed by atoms with Crippen LogP contribution in [0.5, 0.6) is 5.75 Å². The van der Waals surface area contributed by atoms with Gasteiger partial charge in [-0.25, -0.2) is 8.42 Å². The molecule has 1 amide bonds. The van der Waals surface area contributed by atoms with Gasteiger partial charge in [-0.1, -0.05) is 17.4 Å². The van der Waals surface area contributed by atoms with Crippen LogP contribution in [-0.4, -0.2) is 60.7 Å². The van der Waals surface area contributed by atoms with E-state index in [1.54, 1.807) is 16.3 Å². The summed E-state index contributed by atoms with van der Waals surface area (Å²) in [5, 5.41) is 17.8. The van der Waals surface area contributed by atoms with E-state index in [2.05, 4.69) is 14.9 Å². The molecule has 9 nitrogen and oxygen atoms in total. The van der Waals surface area contributed by atoms with E-state index in [1.807, 2.05) is 0 Å². The van der Waals surface area contributed by atoms with Crippen LogP contribution < -0.4 is 9.62 Å². The highest BCUT2D eigenvalue weighted by Crippen LogP contribution is 2.34. The van der Waals surface area contributed by atoms with Crippen LogP contribution in [0, 0.1) is 0 Å². The molecule has 1 aliphatic rings. The highest BCUT2D eigenvalue weighted by atomic mass is 32.2. The molecule has 33 heavy (non-hydrogen) atoms. The molecule has 4 rings (SSSR count). The number of phenols is 1. The molecule has 2 aromatic heterocycles. The van der Waals surface area contributed by atoms with Gasteiger partial charge < -0.3 is 14.9 Å². The first-order valence-corrected chi connectivity index (χ1v) is 12.6. The molecule has 1 aliphatic heterocycles. The van der Waals surface area contributed by atoms with Gasteiger partial charge in [0.05, 0.1) is 11.3 Å². The average Bonchev–Trinajstić information content (AvgIpc) is 3.46. The van der Waals surface area contributed by atoms with Gasteiger partial charge >= 0.3 is 6.18 Å². The van der Waals surface area contributed by atoms with Crippen LogP contribution >= 0.6 is 22.7 Å². The minimum Gasteiger partial charge on any atom is -0.507 e. The first kappa shape index (κ1) is 23.3. The number of carbonyl (C=O) groups excluding carboxylic acids is 1. The summed E-state index contributed by atoms with van der Waals surface area (Å²) >= 11 is 1.48. The number of nitrogens with zero attached hydrogens (tertiary/aromatic N) is 4. The Morgan fingerprint density at radius 1 is 1.12 bits per heavy atom. The topological polar surface area (TPSA) is 116 Å². The first-order chi connectivity index (χ1) is 15.5. The van der Waals surface area contributed by atoms with E-state index in [0.29, 0.717) is 11.3 Å². The van der Waals surface area contributed by atoms with Crippen LogP contribution in [-0.2, 0) is 16.2 Å². The number of aromatic hydroxyl groups is 1. The number of aromatic nitrogens is 2. The summed E-state index contributed by atoms with van der Waals surface area (Å²) in [5.41, 5.74) is 0.0804. The number of carbonyl (C=O) groups is 1. The molecule has 0 spiro atoms. The molecule has 176 valence electrons. The monoisotopic (exact) mass is 519 g/mol. The van der Waals surface area contributed by atoms with Gasteiger partial charge in [-0.05, 0) is 23.6 Å². The van der Waals surface area contributed by atoms with Gasteiger partial charge in [0, 0.05) is 32.2 Å². The van der Waals surface area contributed by atoms with Crippen molar-refractivity contribution in [2.45, 2.75) is 10.4 Å². The van der Waals surface area contributed by atoms with E-state index in [4.69, 9.17) is 0 Å². The van der Waals surface area contributed by atoms with Crippen molar-refractivity contribution in [1.82, 2.24) is 15.1 Å². The summed E-state index contributed by atoms with van der Waals surface area (Å²) in [7, 11) is -3.80. The van der Waals surface area contributed by atoms with Crippen molar-refractivity contribution in [3.8, 4) is 5.75 Å². The maximum Gasteiger partial charge on any atom is 0.445 e. The quantitative estimate of drug-likeness (QED) is 0.532. The summed E-state index contributed by atoms with van der Waals surface area (Å²) < 4.78 is 65.3. The van der Waals surface area contributed by atoms with Gasteiger partial charge in [0.25, 0.3) is 15.9 Å². The van der Waals surface area contributed by atoms with Crippen molar-refractivity contribution >= 4 is 49.4 Å². The van der Waals surface area contributed by atoms with Crippen molar-refractivity contribution in [2.24, 2.45) is 0 Å².